The highest BCUT2D eigenvalue weighted by atomic mass is 16.5. The van der Waals surface area contributed by atoms with Crippen LogP contribution in [0.5, 0.6) is 0 Å². The van der Waals surface area contributed by atoms with Crippen LogP contribution in [0.2, 0.25) is 0 Å². The summed E-state index contributed by atoms with van der Waals surface area (Å²) < 4.78 is 5.60. The van der Waals surface area contributed by atoms with Crippen molar-refractivity contribution >= 4 is 17.4 Å². The lowest BCUT2D eigenvalue weighted by atomic mass is 10.0. The topological polar surface area (TPSA) is 46.3 Å². The van der Waals surface area contributed by atoms with Gasteiger partial charge in [0.1, 0.15) is 11.5 Å². The van der Waals surface area contributed by atoms with Gasteiger partial charge in [-0.15, -0.1) is 0 Å². The molecule has 17 heavy (non-hydrogen) atoms. The molecule has 0 saturated heterocycles. The number of hydrogen-bond acceptors (Lipinski definition) is 4. The number of amidine groups is 1. The van der Waals surface area contributed by atoms with Crippen LogP contribution in [0.15, 0.2) is 26.8 Å². The fourth-order valence-electron chi connectivity index (χ4n) is 2.11. The highest BCUT2D eigenvalue weighted by Crippen LogP contribution is 2.18. The predicted molar refractivity (Wildman–Crippen MR) is 71.0 cm³/mol. The molecule has 0 fully saturated rings. The second kappa shape index (κ2) is 5.25. The Morgan fingerprint density at radius 2 is 2.18 bits per heavy atom. The maximum Gasteiger partial charge on any atom is 0.235 e. The summed E-state index contributed by atoms with van der Waals surface area (Å²) in [5, 5.41) is 0. The quantitative estimate of drug-likeness (QED) is 0.687. The monoisotopic (exact) mass is 233 g/mol. The van der Waals surface area contributed by atoms with Crippen LogP contribution in [0.4, 0.5) is 0 Å². The summed E-state index contributed by atoms with van der Waals surface area (Å²) in [5.41, 5.74) is 1.94. The van der Waals surface area contributed by atoms with Crippen LogP contribution in [-0.4, -0.2) is 30.1 Å². The average molecular weight is 233 g/mol. The summed E-state index contributed by atoms with van der Waals surface area (Å²) in [6, 6.07) is 0.329. The lowest BCUT2D eigenvalue weighted by molar-refractivity contribution is 0.332. The molecular formula is C13H19N3O. The van der Waals surface area contributed by atoms with Gasteiger partial charge in [-0.3, -0.25) is 4.99 Å². The van der Waals surface area contributed by atoms with E-state index in [2.05, 4.69) is 21.1 Å². The Kier molecular flexibility index (Phi) is 3.71. The van der Waals surface area contributed by atoms with Gasteiger partial charge >= 0.3 is 0 Å². The van der Waals surface area contributed by atoms with Crippen LogP contribution in [0, 0.1) is 0 Å². The van der Waals surface area contributed by atoms with Crippen LogP contribution in [-0.2, 0) is 4.74 Å². The molecule has 92 valence electrons. The second-order valence-corrected chi connectivity index (χ2v) is 4.37. The molecule has 0 saturated carbocycles. The third-order valence-corrected chi connectivity index (χ3v) is 2.84. The molecule has 1 unspecified atom stereocenters. The highest BCUT2D eigenvalue weighted by Gasteiger charge is 2.22. The van der Waals surface area contributed by atoms with Crippen molar-refractivity contribution in [1.82, 2.24) is 0 Å². The minimum Gasteiger partial charge on any atom is -0.477 e. The maximum atomic E-state index is 5.60. The van der Waals surface area contributed by atoms with Gasteiger partial charge in [0.25, 0.3) is 0 Å². The van der Waals surface area contributed by atoms with Gasteiger partial charge < -0.3 is 4.74 Å². The normalized spacial score (nSPS) is 27.6. The predicted octanol–water partition coefficient (Wildman–Crippen LogP) is 2.75. The van der Waals surface area contributed by atoms with Crippen molar-refractivity contribution in [3.05, 3.63) is 11.8 Å². The van der Waals surface area contributed by atoms with Gasteiger partial charge in [-0.25, -0.2) is 9.98 Å². The van der Waals surface area contributed by atoms with Gasteiger partial charge in [0.15, 0.2) is 0 Å². The van der Waals surface area contributed by atoms with E-state index < -0.39 is 0 Å². The minimum absolute atomic E-state index is 0.329. The molecule has 2 bridgehead atoms. The van der Waals surface area contributed by atoms with E-state index >= 15 is 0 Å². The van der Waals surface area contributed by atoms with Crippen LogP contribution in [0.25, 0.3) is 0 Å². The van der Waals surface area contributed by atoms with Gasteiger partial charge in [0.05, 0.1) is 12.6 Å². The SMILES string of the molecule is CCOC1=N/C(C)=C\CCC2CC1=NC(C)=N2. The largest absolute Gasteiger partial charge is 0.477 e. The standard InChI is InChI=1S/C13H19N3O/c1-4-17-13-12-8-11(15-10(3)16-12)7-5-6-9(2)14-13/h6,11H,4-5,7-8H2,1-3H3/b9-6-,14-13?. The summed E-state index contributed by atoms with van der Waals surface area (Å²) in [6.07, 6.45) is 5.06. The maximum absolute atomic E-state index is 5.60. The highest BCUT2D eigenvalue weighted by molar-refractivity contribution is 6.41. The summed E-state index contributed by atoms with van der Waals surface area (Å²) >= 11 is 0. The lowest BCUT2D eigenvalue weighted by Crippen LogP contribution is -2.27. The zero-order valence-corrected chi connectivity index (χ0v) is 10.7. The number of aliphatic imine (C=N–C) groups is 3. The fraction of sp³-hybridized carbons (Fsp3) is 0.615. The number of ether oxygens (including phenoxy) is 1. The van der Waals surface area contributed by atoms with Crippen molar-refractivity contribution in [3.63, 3.8) is 0 Å². The van der Waals surface area contributed by atoms with Crippen molar-refractivity contribution in [2.45, 2.75) is 46.1 Å². The molecule has 0 radical (unpaired) electrons. The number of rotatable bonds is 1. The molecule has 0 N–H and O–H groups in total. The van der Waals surface area contributed by atoms with E-state index in [-0.39, 0.29) is 0 Å². The van der Waals surface area contributed by atoms with Gasteiger partial charge in [-0.1, -0.05) is 6.08 Å². The Bertz CT molecular complexity index is 418. The average Bonchev–Trinajstić information content (AvgIpc) is 2.31. The van der Waals surface area contributed by atoms with Gasteiger partial charge in [-0.05, 0) is 33.6 Å². The molecule has 0 aliphatic carbocycles. The van der Waals surface area contributed by atoms with E-state index in [4.69, 9.17) is 4.74 Å². The zero-order chi connectivity index (χ0) is 12.3. The molecule has 0 aromatic rings. The van der Waals surface area contributed by atoms with Gasteiger partial charge in [-0.2, -0.15) is 0 Å². The van der Waals surface area contributed by atoms with E-state index in [1.54, 1.807) is 0 Å². The number of nitrogens with zero attached hydrogens (tertiary/aromatic N) is 3. The molecule has 4 nitrogen and oxygen atoms in total. The first-order chi connectivity index (χ1) is 8.19. The van der Waals surface area contributed by atoms with Crippen molar-refractivity contribution in [3.8, 4) is 0 Å². The third kappa shape index (κ3) is 3.02. The molecule has 1 atom stereocenters. The summed E-state index contributed by atoms with van der Waals surface area (Å²) in [5.74, 6) is 1.51. The molecule has 0 amide bonds. The van der Waals surface area contributed by atoms with Crippen molar-refractivity contribution < 1.29 is 4.74 Å². The van der Waals surface area contributed by atoms with E-state index in [0.29, 0.717) is 18.5 Å². The van der Waals surface area contributed by atoms with Crippen LogP contribution in [0.3, 0.4) is 0 Å². The summed E-state index contributed by atoms with van der Waals surface area (Å²) in [7, 11) is 0. The minimum atomic E-state index is 0.329. The summed E-state index contributed by atoms with van der Waals surface area (Å²) in [4.78, 5) is 13.5. The molecular weight excluding hydrogens is 214 g/mol. The Morgan fingerprint density at radius 1 is 1.35 bits per heavy atom. The molecule has 2 aliphatic rings. The molecule has 0 spiro atoms. The first-order valence-electron chi connectivity index (χ1n) is 6.19. The summed E-state index contributed by atoms with van der Waals surface area (Å²) in [6.45, 7) is 6.53. The molecule has 4 heteroatoms. The van der Waals surface area contributed by atoms with Crippen molar-refractivity contribution in [2.24, 2.45) is 15.0 Å². The Balaban J connectivity index is 2.36. The molecule has 0 aromatic heterocycles. The van der Waals surface area contributed by atoms with E-state index in [1.807, 2.05) is 20.8 Å². The fourth-order valence-corrected chi connectivity index (χ4v) is 2.11. The first kappa shape index (κ1) is 12.0. The molecule has 2 rings (SSSR count). The van der Waals surface area contributed by atoms with E-state index in [0.717, 1.165) is 36.5 Å². The van der Waals surface area contributed by atoms with Gasteiger partial charge in [0, 0.05) is 12.1 Å². The van der Waals surface area contributed by atoms with Crippen LogP contribution < -0.4 is 0 Å². The molecule has 0 aromatic carbocycles. The van der Waals surface area contributed by atoms with E-state index in [1.165, 1.54) is 0 Å². The number of hydrogen-bond donors (Lipinski definition) is 0. The van der Waals surface area contributed by atoms with Crippen molar-refractivity contribution in [2.75, 3.05) is 6.61 Å². The lowest BCUT2D eigenvalue weighted by Gasteiger charge is -2.18. The smallest absolute Gasteiger partial charge is 0.235 e. The zero-order valence-electron chi connectivity index (χ0n) is 10.7. The van der Waals surface area contributed by atoms with Gasteiger partial charge in [0.2, 0.25) is 5.90 Å². The molecule has 2 aliphatic heterocycles. The third-order valence-electron chi connectivity index (χ3n) is 2.84. The van der Waals surface area contributed by atoms with Crippen molar-refractivity contribution in [1.29, 1.82) is 0 Å². The second-order valence-electron chi connectivity index (χ2n) is 4.37. The number of fused-ring (bicyclic) bond motifs is 2. The van der Waals surface area contributed by atoms with Crippen LogP contribution >= 0.6 is 0 Å². The molecule has 2 heterocycles. The first-order valence-corrected chi connectivity index (χ1v) is 6.19. The van der Waals surface area contributed by atoms with Crippen LogP contribution in [0.1, 0.15) is 40.0 Å². The Labute approximate surface area is 102 Å². The Morgan fingerprint density at radius 3 is 2.94 bits per heavy atom. The number of allylic oxidation sites excluding steroid dienone is 2. The van der Waals surface area contributed by atoms with E-state index in [9.17, 15) is 0 Å². The Hall–Kier alpha value is -1.45.